The van der Waals surface area contributed by atoms with Gasteiger partial charge in [-0.3, -0.25) is 0 Å². The summed E-state index contributed by atoms with van der Waals surface area (Å²) in [5.41, 5.74) is 3.15. The molecule has 100 valence electrons. The number of anilines is 1. The maximum absolute atomic E-state index is 10.8. The smallest absolute Gasteiger partial charge is 0.335 e. The van der Waals surface area contributed by atoms with Crippen LogP contribution in [0.1, 0.15) is 15.9 Å². The van der Waals surface area contributed by atoms with Gasteiger partial charge in [-0.05, 0) is 42.0 Å². The standard InChI is InChI=1S/C15H13N3O2/c19-15(20)10-3-5-12(6-4-10)17-8-11-9-18-14-13(11)2-1-7-16-14/h1-7,9,17H,8H2,(H,16,18)(H,19,20). The van der Waals surface area contributed by atoms with E-state index in [1.54, 1.807) is 30.5 Å². The van der Waals surface area contributed by atoms with Gasteiger partial charge in [0.05, 0.1) is 5.56 Å². The molecule has 0 aliphatic rings. The quantitative estimate of drug-likeness (QED) is 0.679. The lowest BCUT2D eigenvalue weighted by atomic mass is 10.2. The highest BCUT2D eigenvalue weighted by atomic mass is 16.4. The minimum Gasteiger partial charge on any atom is -0.478 e. The van der Waals surface area contributed by atoms with Crippen molar-refractivity contribution >= 4 is 22.7 Å². The van der Waals surface area contributed by atoms with Gasteiger partial charge in [0.15, 0.2) is 0 Å². The number of aromatic amines is 1. The van der Waals surface area contributed by atoms with Gasteiger partial charge in [-0.2, -0.15) is 0 Å². The zero-order chi connectivity index (χ0) is 13.9. The molecule has 3 aromatic rings. The first kappa shape index (κ1) is 12.2. The molecule has 0 fully saturated rings. The van der Waals surface area contributed by atoms with E-state index in [1.807, 2.05) is 18.3 Å². The summed E-state index contributed by atoms with van der Waals surface area (Å²) in [6.07, 6.45) is 3.68. The number of nitrogens with zero attached hydrogens (tertiary/aromatic N) is 1. The number of H-pyrrole nitrogens is 1. The van der Waals surface area contributed by atoms with E-state index in [0.29, 0.717) is 6.54 Å². The molecule has 3 rings (SSSR count). The second-order valence-corrected chi connectivity index (χ2v) is 4.45. The maximum Gasteiger partial charge on any atom is 0.335 e. The fraction of sp³-hybridized carbons (Fsp3) is 0.0667. The molecule has 0 unspecified atom stereocenters. The Morgan fingerprint density at radius 1 is 1.25 bits per heavy atom. The zero-order valence-electron chi connectivity index (χ0n) is 10.6. The number of hydrogen-bond donors (Lipinski definition) is 3. The van der Waals surface area contributed by atoms with Crippen LogP contribution >= 0.6 is 0 Å². The lowest BCUT2D eigenvalue weighted by molar-refractivity contribution is 0.0697. The maximum atomic E-state index is 10.8. The summed E-state index contributed by atoms with van der Waals surface area (Å²) in [5.74, 6) is -0.917. The van der Waals surface area contributed by atoms with E-state index < -0.39 is 5.97 Å². The van der Waals surface area contributed by atoms with Gasteiger partial charge in [-0.1, -0.05) is 0 Å². The molecule has 0 saturated carbocycles. The minimum atomic E-state index is -0.917. The van der Waals surface area contributed by atoms with E-state index in [1.165, 1.54) is 0 Å². The van der Waals surface area contributed by atoms with E-state index in [-0.39, 0.29) is 5.56 Å². The van der Waals surface area contributed by atoms with Gasteiger partial charge in [0, 0.05) is 30.0 Å². The molecule has 0 aliphatic carbocycles. The highest BCUT2D eigenvalue weighted by molar-refractivity contribution is 5.88. The number of carboxylic acids is 1. The van der Waals surface area contributed by atoms with Crippen molar-refractivity contribution < 1.29 is 9.90 Å². The van der Waals surface area contributed by atoms with Crippen LogP contribution in [0, 0.1) is 0 Å². The SMILES string of the molecule is O=C(O)c1ccc(NCc2c[nH]c3ncccc23)cc1. The summed E-state index contributed by atoms with van der Waals surface area (Å²) in [6, 6.07) is 10.6. The van der Waals surface area contributed by atoms with Crippen LogP contribution in [-0.4, -0.2) is 21.0 Å². The Bertz CT molecular complexity index is 747. The molecule has 1 aromatic carbocycles. The number of rotatable bonds is 4. The third kappa shape index (κ3) is 2.33. The Labute approximate surface area is 115 Å². The minimum absolute atomic E-state index is 0.284. The fourth-order valence-corrected chi connectivity index (χ4v) is 2.09. The molecule has 0 aliphatic heterocycles. The molecule has 2 heterocycles. The number of fused-ring (bicyclic) bond motifs is 1. The summed E-state index contributed by atoms with van der Waals surface area (Å²) in [4.78, 5) is 18.1. The molecule has 0 spiro atoms. The molecule has 0 amide bonds. The van der Waals surface area contributed by atoms with Crippen LogP contribution in [0.5, 0.6) is 0 Å². The van der Waals surface area contributed by atoms with Crippen molar-refractivity contribution in [3.63, 3.8) is 0 Å². The fourth-order valence-electron chi connectivity index (χ4n) is 2.09. The lowest BCUT2D eigenvalue weighted by Crippen LogP contribution is -2.00. The van der Waals surface area contributed by atoms with Crippen molar-refractivity contribution in [3.8, 4) is 0 Å². The molecule has 2 aromatic heterocycles. The Kier molecular flexibility index (Phi) is 3.09. The van der Waals surface area contributed by atoms with E-state index in [0.717, 1.165) is 22.3 Å². The van der Waals surface area contributed by atoms with Gasteiger partial charge >= 0.3 is 5.97 Å². The van der Waals surface area contributed by atoms with E-state index >= 15 is 0 Å². The van der Waals surface area contributed by atoms with Crippen molar-refractivity contribution in [2.45, 2.75) is 6.54 Å². The van der Waals surface area contributed by atoms with Gasteiger partial charge in [-0.25, -0.2) is 9.78 Å². The van der Waals surface area contributed by atoms with Crippen LogP contribution in [0.2, 0.25) is 0 Å². The predicted molar refractivity (Wildman–Crippen MR) is 76.8 cm³/mol. The third-order valence-electron chi connectivity index (χ3n) is 3.15. The number of carbonyl (C=O) groups is 1. The molecule has 3 N–H and O–H groups in total. The Morgan fingerprint density at radius 2 is 2.05 bits per heavy atom. The highest BCUT2D eigenvalue weighted by Gasteiger charge is 2.04. The predicted octanol–water partition coefficient (Wildman–Crippen LogP) is 2.87. The number of hydrogen-bond acceptors (Lipinski definition) is 3. The monoisotopic (exact) mass is 267 g/mol. The van der Waals surface area contributed by atoms with Crippen LogP contribution < -0.4 is 5.32 Å². The number of carboxylic acid groups (broad SMARTS) is 1. The van der Waals surface area contributed by atoms with E-state index in [9.17, 15) is 4.79 Å². The Hall–Kier alpha value is -2.82. The molecule has 20 heavy (non-hydrogen) atoms. The van der Waals surface area contributed by atoms with Crippen molar-refractivity contribution in [1.82, 2.24) is 9.97 Å². The van der Waals surface area contributed by atoms with Crippen LogP contribution in [-0.2, 0) is 6.54 Å². The average Bonchev–Trinajstić information content (AvgIpc) is 2.89. The van der Waals surface area contributed by atoms with Crippen LogP contribution in [0.25, 0.3) is 11.0 Å². The number of benzene rings is 1. The van der Waals surface area contributed by atoms with Crippen LogP contribution in [0.15, 0.2) is 48.8 Å². The zero-order valence-corrected chi connectivity index (χ0v) is 10.6. The Morgan fingerprint density at radius 3 is 2.80 bits per heavy atom. The van der Waals surface area contributed by atoms with Gasteiger partial charge in [0.25, 0.3) is 0 Å². The molecule has 0 radical (unpaired) electrons. The molecule has 0 bridgehead atoms. The lowest BCUT2D eigenvalue weighted by Gasteiger charge is -2.05. The number of aromatic nitrogens is 2. The molecule has 5 nitrogen and oxygen atoms in total. The van der Waals surface area contributed by atoms with E-state index in [2.05, 4.69) is 15.3 Å². The van der Waals surface area contributed by atoms with E-state index in [4.69, 9.17) is 5.11 Å². The van der Waals surface area contributed by atoms with Crippen molar-refractivity contribution in [2.75, 3.05) is 5.32 Å². The molecular weight excluding hydrogens is 254 g/mol. The van der Waals surface area contributed by atoms with Gasteiger partial charge < -0.3 is 15.4 Å². The van der Waals surface area contributed by atoms with Gasteiger partial charge in [0.1, 0.15) is 5.65 Å². The Balaban J connectivity index is 1.74. The number of nitrogens with one attached hydrogen (secondary N) is 2. The molecular formula is C15H13N3O2. The molecule has 0 atom stereocenters. The van der Waals surface area contributed by atoms with Crippen molar-refractivity contribution in [3.05, 3.63) is 59.9 Å². The van der Waals surface area contributed by atoms with Crippen LogP contribution in [0.4, 0.5) is 5.69 Å². The second kappa shape index (κ2) is 5.05. The number of aromatic carboxylic acids is 1. The first-order chi connectivity index (χ1) is 9.74. The summed E-state index contributed by atoms with van der Waals surface area (Å²) in [6.45, 7) is 0.651. The van der Waals surface area contributed by atoms with Crippen LogP contribution in [0.3, 0.4) is 0 Å². The summed E-state index contributed by atoms with van der Waals surface area (Å²) in [7, 11) is 0. The largest absolute Gasteiger partial charge is 0.478 e. The van der Waals surface area contributed by atoms with Crippen molar-refractivity contribution in [1.29, 1.82) is 0 Å². The highest BCUT2D eigenvalue weighted by Crippen LogP contribution is 2.17. The summed E-state index contributed by atoms with van der Waals surface area (Å²) >= 11 is 0. The topological polar surface area (TPSA) is 78.0 Å². The second-order valence-electron chi connectivity index (χ2n) is 4.45. The average molecular weight is 267 g/mol. The molecule has 0 saturated heterocycles. The first-order valence-electron chi connectivity index (χ1n) is 6.22. The third-order valence-corrected chi connectivity index (χ3v) is 3.15. The van der Waals surface area contributed by atoms with Gasteiger partial charge in [-0.15, -0.1) is 0 Å². The summed E-state index contributed by atoms with van der Waals surface area (Å²) < 4.78 is 0. The summed E-state index contributed by atoms with van der Waals surface area (Å²) in [5, 5.41) is 13.2. The normalized spacial score (nSPS) is 10.6. The molecule has 5 heteroatoms. The van der Waals surface area contributed by atoms with Crippen molar-refractivity contribution in [2.24, 2.45) is 0 Å². The first-order valence-corrected chi connectivity index (χ1v) is 6.22. The van der Waals surface area contributed by atoms with Gasteiger partial charge in [0.2, 0.25) is 0 Å². The number of pyridine rings is 1.